The molecule has 0 saturated carbocycles. The molecular weight excluding hydrogens is 254 g/mol. The highest BCUT2D eigenvalue weighted by Crippen LogP contribution is 2.30. The summed E-state index contributed by atoms with van der Waals surface area (Å²) in [4.78, 5) is 0. The topological polar surface area (TPSA) is 12.0 Å². The Morgan fingerprint density at radius 3 is 2.48 bits per heavy atom. The van der Waals surface area contributed by atoms with Crippen molar-refractivity contribution in [3.05, 3.63) is 48.6 Å². The molecule has 1 rings (SSSR count). The first kappa shape index (κ1) is 18.0. The number of hydrogen-bond donors (Lipinski definition) is 1. The fraction of sp³-hybridized carbons (Fsp3) is 0.600. The Labute approximate surface area is 131 Å². The molecule has 1 unspecified atom stereocenters. The molecule has 1 atom stereocenters. The van der Waals surface area contributed by atoms with Crippen LogP contribution < -0.4 is 5.32 Å². The Hall–Kier alpha value is -1.08. The minimum absolute atomic E-state index is 0.175. The van der Waals surface area contributed by atoms with Crippen molar-refractivity contribution < 1.29 is 0 Å². The van der Waals surface area contributed by atoms with E-state index < -0.39 is 0 Å². The Morgan fingerprint density at radius 2 is 1.86 bits per heavy atom. The fourth-order valence-electron chi connectivity index (χ4n) is 2.92. The van der Waals surface area contributed by atoms with Crippen molar-refractivity contribution in [1.29, 1.82) is 0 Å². The number of hydrogen-bond acceptors (Lipinski definition) is 1. The van der Waals surface area contributed by atoms with Gasteiger partial charge in [-0.15, -0.1) is 6.58 Å². The molecule has 0 spiro atoms. The van der Waals surface area contributed by atoms with Gasteiger partial charge in [0.05, 0.1) is 0 Å². The highest BCUT2D eigenvalue weighted by molar-refractivity contribution is 5.25. The molecule has 0 fully saturated rings. The molecule has 1 aromatic rings. The van der Waals surface area contributed by atoms with Crippen LogP contribution in [0.5, 0.6) is 0 Å². The first-order valence-electron chi connectivity index (χ1n) is 8.52. The van der Waals surface area contributed by atoms with E-state index >= 15 is 0 Å². The van der Waals surface area contributed by atoms with Crippen LogP contribution >= 0.6 is 0 Å². The number of rotatable bonds is 11. The van der Waals surface area contributed by atoms with E-state index in [9.17, 15) is 0 Å². The van der Waals surface area contributed by atoms with Crippen molar-refractivity contribution in [3.63, 3.8) is 0 Å². The lowest BCUT2D eigenvalue weighted by molar-refractivity contribution is 0.314. The summed E-state index contributed by atoms with van der Waals surface area (Å²) in [5, 5.41) is 3.78. The zero-order valence-corrected chi connectivity index (χ0v) is 14.2. The molecule has 0 radical (unpaired) electrons. The van der Waals surface area contributed by atoms with Crippen LogP contribution in [-0.2, 0) is 5.41 Å². The van der Waals surface area contributed by atoms with Crippen LogP contribution in [-0.4, -0.2) is 12.6 Å². The second-order valence-corrected chi connectivity index (χ2v) is 6.52. The molecule has 0 amide bonds. The van der Waals surface area contributed by atoms with Gasteiger partial charge in [-0.1, -0.05) is 70.0 Å². The van der Waals surface area contributed by atoms with Gasteiger partial charge in [0.15, 0.2) is 0 Å². The minimum Gasteiger partial charge on any atom is -0.313 e. The maximum atomic E-state index is 3.80. The van der Waals surface area contributed by atoms with Gasteiger partial charge < -0.3 is 5.32 Å². The lowest BCUT2D eigenvalue weighted by Gasteiger charge is -2.36. The van der Waals surface area contributed by atoms with E-state index in [-0.39, 0.29) is 5.41 Å². The molecule has 1 heteroatoms. The molecule has 1 N–H and O–H groups in total. The molecule has 21 heavy (non-hydrogen) atoms. The normalized spacial score (nSPS) is 13.1. The summed E-state index contributed by atoms with van der Waals surface area (Å²) < 4.78 is 0. The largest absolute Gasteiger partial charge is 0.313 e. The summed E-state index contributed by atoms with van der Waals surface area (Å²) in [6.07, 6.45) is 9.50. The number of nitrogens with one attached hydrogen (secondary N) is 1. The maximum Gasteiger partial charge on any atom is 0.0159 e. The summed E-state index contributed by atoms with van der Waals surface area (Å²) in [5.74, 6) is 0. The number of unbranched alkanes of at least 4 members (excludes halogenated alkanes) is 3. The van der Waals surface area contributed by atoms with Crippen LogP contribution in [0, 0.1) is 0 Å². The van der Waals surface area contributed by atoms with Crippen LogP contribution in [0.2, 0.25) is 0 Å². The average molecular weight is 287 g/mol. The standard InChI is InChI=1S/C20H33N/c1-5-7-8-9-13-16-19(21-17-6-2)20(3,4)18-14-11-10-12-15-18/h5,10-12,14-15,19,21H,1,6-9,13,16-17H2,2-4H3. The van der Waals surface area contributed by atoms with Gasteiger partial charge in [-0.2, -0.15) is 0 Å². The van der Waals surface area contributed by atoms with E-state index in [0.29, 0.717) is 6.04 Å². The first-order chi connectivity index (χ1) is 10.1. The van der Waals surface area contributed by atoms with Crippen LogP contribution in [0.1, 0.15) is 64.9 Å². The van der Waals surface area contributed by atoms with E-state index in [1.54, 1.807) is 0 Å². The van der Waals surface area contributed by atoms with Crippen molar-refractivity contribution in [3.8, 4) is 0 Å². The Kier molecular flexibility index (Phi) is 8.37. The summed E-state index contributed by atoms with van der Waals surface area (Å²) in [6, 6.07) is 11.5. The van der Waals surface area contributed by atoms with E-state index in [1.807, 2.05) is 6.08 Å². The summed E-state index contributed by atoms with van der Waals surface area (Å²) in [7, 11) is 0. The lowest BCUT2D eigenvalue weighted by Crippen LogP contribution is -2.45. The van der Waals surface area contributed by atoms with Gasteiger partial charge in [0.1, 0.15) is 0 Å². The molecule has 0 saturated heterocycles. The highest BCUT2D eigenvalue weighted by atomic mass is 14.9. The highest BCUT2D eigenvalue weighted by Gasteiger charge is 2.30. The fourth-order valence-corrected chi connectivity index (χ4v) is 2.92. The Balaban J connectivity index is 2.64. The SMILES string of the molecule is C=CCCCCCC(NCCC)C(C)(C)c1ccccc1. The van der Waals surface area contributed by atoms with Gasteiger partial charge in [0.2, 0.25) is 0 Å². The Morgan fingerprint density at radius 1 is 1.14 bits per heavy atom. The molecule has 0 heterocycles. The van der Waals surface area contributed by atoms with Crippen molar-refractivity contribution in [2.45, 2.75) is 70.8 Å². The molecular formula is C20H33N. The zero-order valence-electron chi connectivity index (χ0n) is 14.2. The molecule has 118 valence electrons. The van der Waals surface area contributed by atoms with Crippen LogP contribution in [0.4, 0.5) is 0 Å². The first-order valence-corrected chi connectivity index (χ1v) is 8.52. The summed E-state index contributed by atoms with van der Waals surface area (Å²) in [5.41, 5.74) is 1.61. The third-order valence-electron chi connectivity index (χ3n) is 4.43. The molecule has 1 nitrogen and oxygen atoms in total. The second-order valence-electron chi connectivity index (χ2n) is 6.52. The van der Waals surface area contributed by atoms with Crippen molar-refractivity contribution in [1.82, 2.24) is 5.32 Å². The zero-order chi connectivity index (χ0) is 15.6. The van der Waals surface area contributed by atoms with E-state index in [2.05, 4.69) is 63.0 Å². The van der Waals surface area contributed by atoms with E-state index in [1.165, 1.54) is 37.7 Å². The van der Waals surface area contributed by atoms with Crippen LogP contribution in [0.25, 0.3) is 0 Å². The van der Waals surface area contributed by atoms with E-state index in [0.717, 1.165) is 13.0 Å². The molecule has 0 bridgehead atoms. The Bertz CT molecular complexity index is 380. The second kappa shape index (κ2) is 9.78. The van der Waals surface area contributed by atoms with Crippen molar-refractivity contribution in [2.24, 2.45) is 0 Å². The molecule has 0 aliphatic rings. The number of benzene rings is 1. The van der Waals surface area contributed by atoms with E-state index in [4.69, 9.17) is 0 Å². The van der Waals surface area contributed by atoms with Crippen LogP contribution in [0.3, 0.4) is 0 Å². The van der Waals surface area contributed by atoms with Gasteiger partial charge in [-0.05, 0) is 37.8 Å². The van der Waals surface area contributed by atoms with Gasteiger partial charge in [0.25, 0.3) is 0 Å². The smallest absolute Gasteiger partial charge is 0.0159 e. The summed E-state index contributed by atoms with van der Waals surface area (Å²) in [6.45, 7) is 11.9. The molecule has 1 aromatic carbocycles. The van der Waals surface area contributed by atoms with Gasteiger partial charge in [-0.3, -0.25) is 0 Å². The maximum absolute atomic E-state index is 3.80. The van der Waals surface area contributed by atoms with Crippen LogP contribution in [0.15, 0.2) is 43.0 Å². The lowest BCUT2D eigenvalue weighted by atomic mass is 9.75. The monoisotopic (exact) mass is 287 g/mol. The summed E-state index contributed by atoms with van der Waals surface area (Å²) >= 11 is 0. The third-order valence-corrected chi connectivity index (χ3v) is 4.43. The van der Waals surface area contributed by atoms with Crippen molar-refractivity contribution in [2.75, 3.05) is 6.54 Å². The predicted molar refractivity (Wildman–Crippen MR) is 94.8 cm³/mol. The molecule has 0 aliphatic heterocycles. The molecule has 0 aromatic heterocycles. The molecule has 0 aliphatic carbocycles. The van der Waals surface area contributed by atoms with Crippen molar-refractivity contribution >= 4 is 0 Å². The van der Waals surface area contributed by atoms with Gasteiger partial charge >= 0.3 is 0 Å². The minimum atomic E-state index is 0.175. The number of allylic oxidation sites excluding steroid dienone is 1. The van der Waals surface area contributed by atoms with Gasteiger partial charge in [0, 0.05) is 11.5 Å². The predicted octanol–water partition coefficient (Wildman–Crippen LogP) is 5.47. The van der Waals surface area contributed by atoms with Gasteiger partial charge in [-0.25, -0.2) is 0 Å². The average Bonchev–Trinajstić information content (AvgIpc) is 2.50. The quantitative estimate of drug-likeness (QED) is 0.420. The third kappa shape index (κ3) is 6.05.